The number of hydrogen-bond acceptors (Lipinski definition) is 4. The Morgan fingerprint density at radius 1 is 1.27 bits per heavy atom. The molecule has 0 saturated heterocycles. The molecule has 84 valence electrons. The van der Waals surface area contributed by atoms with E-state index in [1.54, 1.807) is 0 Å². The molecule has 0 saturated carbocycles. The third-order valence-corrected chi connectivity index (χ3v) is 1.44. The Kier molecular flexibility index (Phi) is 5.29. The van der Waals surface area contributed by atoms with Gasteiger partial charge in [-0.1, -0.05) is 13.2 Å². The van der Waals surface area contributed by atoms with Crippen LogP contribution in [0.5, 0.6) is 0 Å². The Hall–Kier alpha value is -1.66. The van der Waals surface area contributed by atoms with Gasteiger partial charge in [-0.05, 0) is 13.0 Å². The van der Waals surface area contributed by atoms with Crippen LogP contribution in [0, 0.1) is 0 Å². The lowest BCUT2D eigenvalue weighted by Crippen LogP contribution is -2.51. The maximum Gasteiger partial charge on any atom is 0.248 e. The minimum Gasteiger partial charge on any atom is -0.369 e. The van der Waals surface area contributed by atoms with E-state index in [9.17, 15) is 19.8 Å². The van der Waals surface area contributed by atoms with Gasteiger partial charge in [0.05, 0.1) is 0 Å². The zero-order valence-electron chi connectivity index (χ0n) is 8.36. The van der Waals surface area contributed by atoms with Crippen molar-refractivity contribution >= 4 is 11.8 Å². The molecule has 0 aliphatic heterocycles. The lowest BCUT2D eigenvalue weighted by Gasteiger charge is -2.19. The van der Waals surface area contributed by atoms with E-state index in [0.717, 1.165) is 6.08 Å². The summed E-state index contributed by atoms with van der Waals surface area (Å²) in [6, 6.07) is 0. The zero-order valence-corrected chi connectivity index (χ0v) is 8.36. The molecule has 0 aromatic carbocycles. The Bertz CT molecular complexity index is 288. The Balaban J connectivity index is 4.15. The van der Waals surface area contributed by atoms with Gasteiger partial charge in [-0.3, -0.25) is 9.59 Å². The van der Waals surface area contributed by atoms with Crippen molar-refractivity contribution < 1.29 is 19.8 Å². The van der Waals surface area contributed by atoms with E-state index in [0.29, 0.717) is 0 Å². The molecule has 0 fully saturated rings. The SMILES string of the molecule is C=CC(=O)NC(O)C(O)NC(=O)C(=C)C. The average Bonchev–Trinajstić information content (AvgIpc) is 2.16. The van der Waals surface area contributed by atoms with Gasteiger partial charge in [0.15, 0.2) is 12.5 Å². The molecule has 0 aliphatic carbocycles. The second kappa shape index (κ2) is 5.94. The van der Waals surface area contributed by atoms with Gasteiger partial charge in [0.25, 0.3) is 0 Å². The van der Waals surface area contributed by atoms with Crippen molar-refractivity contribution in [2.75, 3.05) is 0 Å². The number of carbonyl (C=O) groups excluding carboxylic acids is 2. The van der Waals surface area contributed by atoms with Crippen LogP contribution in [0.3, 0.4) is 0 Å². The molecule has 4 N–H and O–H groups in total. The van der Waals surface area contributed by atoms with Crippen LogP contribution in [0.4, 0.5) is 0 Å². The average molecular weight is 214 g/mol. The monoisotopic (exact) mass is 214 g/mol. The number of rotatable bonds is 5. The molecule has 2 unspecified atom stereocenters. The lowest BCUT2D eigenvalue weighted by molar-refractivity contribution is -0.129. The normalized spacial score (nSPS) is 13.5. The van der Waals surface area contributed by atoms with E-state index in [2.05, 4.69) is 13.2 Å². The fourth-order valence-corrected chi connectivity index (χ4v) is 0.620. The molecule has 0 aliphatic rings. The highest BCUT2D eigenvalue weighted by Gasteiger charge is 2.19. The van der Waals surface area contributed by atoms with Gasteiger partial charge in [0.2, 0.25) is 11.8 Å². The number of nitrogens with one attached hydrogen (secondary N) is 2. The standard InChI is InChI=1S/C9H14N2O4/c1-4-6(12)10-8(14)9(15)11-7(13)5(2)3/h4,8-9,14-15H,1-2H2,3H3,(H,10,12)(H,11,13). The summed E-state index contributed by atoms with van der Waals surface area (Å²) in [7, 11) is 0. The van der Waals surface area contributed by atoms with Gasteiger partial charge in [-0.25, -0.2) is 0 Å². The first-order valence-electron chi connectivity index (χ1n) is 4.14. The smallest absolute Gasteiger partial charge is 0.248 e. The highest BCUT2D eigenvalue weighted by molar-refractivity contribution is 5.92. The Morgan fingerprint density at radius 3 is 2.13 bits per heavy atom. The summed E-state index contributed by atoms with van der Waals surface area (Å²) in [5.41, 5.74) is 0.177. The fraction of sp³-hybridized carbons (Fsp3) is 0.333. The first kappa shape index (κ1) is 13.3. The topological polar surface area (TPSA) is 98.7 Å². The fourth-order valence-electron chi connectivity index (χ4n) is 0.620. The van der Waals surface area contributed by atoms with Gasteiger partial charge < -0.3 is 20.8 Å². The van der Waals surface area contributed by atoms with Crippen LogP contribution in [-0.2, 0) is 9.59 Å². The van der Waals surface area contributed by atoms with E-state index in [4.69, 9.17) is 0 Å². The highest BCUT2D eigenvalue weighted by atomic mass is 16.4. The summed E-state index contributed by atoms with van der Waals surface area (Å²) in [6.45, 7) is 7.93. The van der Waals surface area contributed by atoms with Crippen LogP contribution < -0.4 is 10.6 Å². The van der Waals surface area contributed by atoms with E-state index in [1.807, 2.05) is 10.6 Å². The Labute approximate surface area is 87.3 Å². The molecule has 0 aromatic rings. The van der Waals surface area contributed by atoms with E-state index >= 15 is 0 Å². The Morgan fingerprint density at radius 2 is 1.73 bits per heavy atom. The summed E-state index contributed by atoms with van der Waals surface area (Å²) in [4.78, 5) is 21.7. The molecule has 0 aromatic heterocycles. The van der Waals surface area contributed by atoms with Gasteiger partial charge in [-0.2, -0.15) is 0 Å². The number of carbonyl (C=O) groups is 2. The number of aliphatic hydroxyl groups is 2. The summed E-state index contributed by atoms with van der Waals surface area (Å²) >= 11 is 0. The predicted molar refractivity (Wildman–Crippen MR) is 53.3 cm³/mol. The van der Waals surface area contributed by atoms with Crippen LogP contribution in [0.15, 0.2) is 24.8 Å². The maximum absolute atomic E-state index is 11.0. The molecule has 0 spiro atoms. The predicted octanol–water partition coefficient (Wildman–Crippen LogP) is -1.38. The number of aliphatic hydroxyl groups excluding tert-OH is 2. The molecule has 15 heavy (non-hydrogen) atoms. The summed E-state index contributed by atoms with van der Waals surface area (Å²) < 4.78 is 0. The molecule has 0 radical (unpaired) electrons. The molecule has 2 amide bonds. The van der Waals surface area contributed by atoms with E-state index in [1.165, 1.54) is 6.92 Å². The van der Waals surface area contributed by atoms with Gasteiger partial charge >= 0.3 is 0 Å². The van der Waals surface area contributed by atoms with Crippen LogP contribution >= 0.6 is 0 Å². The van der Waals surface area contributed by atoms with Crippen molar-refractivity contribution in [1.82, 2.24) is 10.6 Å². The molecule has 6 heteroatoms. The second-order valence-electron chi connectivity index (χ2n) is 2.86. The van der Waals surface area contributed by atoms with Crippen LogP contribution in [-0.4, -0.2) is 34.5 Å². The third kappa shape index (κ3) is 4.94. The minimum atomic E-state index is -1.60. The minimum absolute atomic E-state index is 0.177. The second-order valence-corrected chi connectivity index (χ2v) is 2.86. The molecule has 0 rings (SSSR count). The van der Waals surface area contributed by atoms with Crippen molar-refractivity contribution in [3.8, 4) is 0 Å². The first-order chi connectivity index (χ1) is 6.88. The van der Waals surface area contributed by atoms with Crippen molar-refractivity contribution in [1.29, 1.82) is 0 Å². The number of hydrogen-bond donors (Lipinski definition) is 4. The maximum atomic E-state index is 11.0. The van der Waals surface area contributed by atoms with Crippen molar-refractivity contribution in [3.63, 3.8) is 0 Å². The largest absolute Gasteiger partial charge is 0.369 e. The third-order valence-electron chi connectivity index (χ3n) is 1.44. The van der Waals surface area contributed by atoms with Crippen LogP contribution in [0.2, 0.25) is 0 Å². The van der Waals surface area contributed by atoms with Crippen molar-refractivity contribution in [2.45, 2.75) is 19.4 Å². The van der Waals surface area contributed by atoms with Crippen LogP contribution in [0.1, 0.15) is 6.92 Å². The van der Waals surface area contributed by atoms with Crippen molar-refractivity contribution in [3.05, 3.63) is 24.8 Å². The van der Waals surface area contributed by atoms with Gasteiger partial charge in [0, 0.05) is 5.57 Å². The van der Waals surface area contributed by atoms with Crippen molar-refractivity contribution in [2.24, 2.45) is 0 Å². The zero-order chi connectivity index (χ0) is 12.0. The van der Waals surface area contributed by atoms with Crippen LogP contribution in [0.25, 0.3) is 0 Å². The molecular weight excluding hydrogens is 200 g/mol. The molecular formula is C9H14N2O4. The molecule has 0 heterocycles. The van der Waals surface area contributed by atoms with E-state index < -0.39 is 24.3 Å². The quantitative estimate of drug-likeness (QED) is 0.335. The summed E-state index contributed by atoms with van der Waals surface area (Å²) in [5, 5.41) is 22.4. The van der Waals surface area contributed by atoms with E-state index in [-0.39, 0.29) is 5.57 Å². The molecule has 0 bridgehead atoms. The molecule has 2 atom stereocenters. The number of amides is 2. The van der Waals surface area contributed by atoms with Gasteiger partial charge in [-0.15, -0.1) is 0 Å². The summed E-state index contributed by atoms with van der Waals surface area (Å²) in [6.07, 6.45) is -2.27. The summed E-state index contributed by atoms with van der Waals surface area (Å²) in [5.74, 6) is -1.28. The molecule has 6 nitrogen and oxygen atoms in total. The first-order valence-corrected chi connectivity index (χ1v) is 4.14. The lowest BCUT2D eigenvalue weighted by atomic mass is 10.3. The highest BCUT2D eigenvalue weighted by Crippen LogP contribution is 1.91. The van der Waals surface area contributed by atoms with Gasteiger partial charge in [0.1, 0.15) is 0 Å².